The van der Waals surface area contributed by atoms with Gasteiger partial charge in [-0.05, 0) is 41.5 Å². The first-order valence-electron chi connectivity index (χ1n) is 8.67. The molecule has 0 amide bonds. The van der Waals surface area contributed by atoms with Gasteiger partial charge in [0.25, 0.3) is 0 Å². The maximum atomic E-state index is 12.5. The summed E-state index contributed by atoms with van der Waals surface area (Å²) in [6, 6.07) is 21.2. The lowest BCUT2D eigenvalue weighted by molar-refractivity contribution is -0.133. The third-order valence-corrected chi connectivity index (χ3v) is 4.48. The Kier molecular flexibility index (Phi) is 4.96. The molecule has 0 saturated heterocycles. The molecule has 0 fully saturated rings. The first-order chi connectivity index (χ1) is 13.6. The van der Waals surface area contributed by atoms with Crippen LogP contribution in [0.1, 0.15) is 21.5 Å². The molecule has 0 spiro atoms. The monoisotopic (exact) mass is 390 g/mol. The Morgan fingerprint density at radius 2 is 1.75 bits per heavy atom. The molecule has 4 nitrogen and oxygen atoms in total. The molecule has 3 aromatic rings. The maximum absolute atomic E-state index is 12.5. The van der Waals surface area contributed by atoms with Crippen LogP contribution in [0.3, 0.4) is 0 Å². The summed E-state index contributed by atoms with van der Waals surface area (Å²) in [5.41, 5.74) is 2.10. The number of carbonyl (C=O) groups is 2. The van der Waals surface area contributed by atoms with Gasteiger partial charge in [-0.25, -0.2) is 0 Å². The molecule has 1 heterocycles. The molecule has 0 aliphatic carbocycles. The number of Topliss-reactive ketones (excluding diaryl/α,β-unsaturated/α-hetero) is 1. The van der Waals surface area contributed by atoms with Gasteiger partial charge in [-0.3, -0.25) is 9.59 Å². The molecule has 138 valence electrons. The molecular formula is C23H15ClO4. The number of hydrogen-bond acceptors (Lipinski definition) is 4. The second kappa shape index (κ2) is 7.71. The van der Waals surface area contributed by atoms with Crippen molar-refractivity contribution in [3.05, 3.63) is 100 Å². The molecule has 4 rings (SSSR count). The van der Waals surface area contributed by atoms with Crippen LogP contribution >= 0.6 is 11.6 Å². The Morgan fingerprint density at radius 3 is 2.50 bits per heavy atom. The average Bonchev–Trinajstić information content (AvgIpc) is 2.99. The van der Waals surface area contributed by atoms with Crippen molar-refractivity contribution in [2.45, 2.75) is 6.42 Å². The minimum absolute atomic E-state index is 0.166. The number of hydrogen-bond donors (Lipinski definition) is 0. The highest BCUT2D eigenvalue weighted by molar-refractivity contribution is 6.30. The zero-order valence-electron chi connectivity index (χ0n) is 14.7. The summed E-state index contributed by atoms with van der Waals surface area (Å²) in [6.07, 6.45) is 1.82. The second-order valence-corrected chi connectivity index (χ2v) is 6.72. The number of allylic oxidation sites excluding steroid dienone is 1. The van der Waals surface area contributed by atoms with Crippen molar-refractivity contribution >= 4 is 29.4 Å². The zero-order valence-corrected chi connectivity index (χ0v) is 15.5. The Labute approximate surface area is 167 Å². The van der Waals surface area contributed by atoms with Crippen LogP contribution in [-0.4, -0.2) is 11.8 Å². The third kappa shape index (κ3) is 3.97. The molecule has 0 saturated carbocycles. The van der Waals surface area contributed by atoms with Crippen molar-refractivity contribution in [2.75, 3.05) is 0 Å². The molecule has 0 aromatic heterocycles. The number of carbonyl (C=O) groups excluding carboxylic acids is 2. The molecule has 3 aromatic carbocycles. The van der Waals surface area contributed by atoms with E-state index in [-0.39, 0.29) is 23.9 Å². The van der Waals surface area contributed by atoms with Gasteiger partial charge in [0, 0.05) is 11.1 Å². The summed E-state index contributed by atoms with van der Waals surface area (Å²) in [5, 5.41) is 0.617. The minimum atomic E-state index is -0.382. The lowest BCUT2D eigenvalue weighted by Gasteiger charge is -2.05. The summed E-state index contributed by atoms with van der Waals surface area (Å²) in [6.45, 7) is 0. The van der Waals surface area contributed by atoms with E-state index >= 15 is 0 Å². The number of rotatable bonds is 4. The molecule has 0 unspecified atom stereocenters. The largest absolute Gasteiger partial charge is 0.452 e. The predicted octanol–water partition coefficient (Wildman–Crippen LogP) is 5.10. The number of ketones is 1. The highest BCUT2D eigenvalue weighted by Crippen LogP contribution is 2.35. The molecule has 0 bridgehead atoms. The van der Waals surface area contributed by atoms with E-state index in [1.807, 2.05) is 30.3 Å². The normalized spacial score (nSPS) is 13.9. The van der Waals surface area contributed by atoms with E-state index < -0.39 is 0 Å². The molecule has 0 N–H and O–H groups in total. The van der Waals surface area contributed by atoms with Crippen LogP contribution in [0, 0.1) is 0 Å². The summed E-state index contributed by atoms with van der Waals surface area (Å²) in [4.78, 5) is 24.6. The van der Waals surface area contributed by atoms with E-state index in [1.165, 1.54) is 0 Å². The zero-order chi connectivity index (χ0) is 19.5. The van der Waals surface area contributed by atoms with Gasteiger partial charge in [0.2, 0.25) is 5.78 Å². The number of halogens is 1. The minimum Gasteiger partial charge on any atom is -0.452 e. The highest BCUT2D eigenvalue weighted by atomic mass is 35.5. The maximum Gasteiger partial charge on any atom is 0.315 e. The Bertz CT molecular complexity index is 1070. The SMILES string of the molecule is O=C(Cc1ccccc1)Oc1ccc2c(c1)O/C(=C\c1ccc(Cl)cc1)C2=O. The lowest BCUT2D eigenvalue weighted by atomic mass is 10.1. The fraction of sp³-hybridized carbons (Fsp3) is 0.0435. The Morgan fingerprint density at radius 1 is 1.00 bits per heavy atom. The van der Waals surface area contributed by atoms with Gasteiger partial charge in [-0.15, -0.1) is 0 Å². The average molecular weight is 391 g/mol. The van der Waals surface area contributed by atoms with Gasteiger partial charge in [0.1, 0.15) is 11.5 Å². The van der Waals surface area contributed by atoms with Crippen LogP contribution < -0.4 is 9.47 Å². The molecule has 28 heavy (non-hydrogen) atoms. The Hall–Kier alpha value is -3.37. The fourth-order valence-electron chi connectivity index (χ4n) is 2.87. The lowest BCUT2D eigenvalue weighted by Crippen LogP contribution is -2.11. The van der Waals surface area contributed by atoms with Crippen molar-refractivity contribution in [3.63, 3.8) is 0 Å². The van der Waals surface area contributed by atoms with Crippen LogP contribution in [0.25, 0.3) is 6.08 Å². The van der Waals surface area contributed by atoms with E-state index in [4.69, 9.17) is 21.1 Å². The van der Waals surface area contributed by atoms with Crippen LogP contribution in [0.2, 0.25) is 5.02 Å². The number of fused-ring (bicyclic) bond motifs is 1. The van der Waals surface area contributed by atoms with Gasteiger partial charge >= 0.3 is 5.97 Å². The topological polar surface area (TPSA) is 52.6 Å². The van der Waals surface area contributed by atoms with E-state index in [2.05, 4.69) is 0 Å². The van der Waals surface area contributed by atoms with Gasteiger partial charge < -0.3 is 9.47 Å². The standard InChI is InChI=1S/C23H15ClO4/c24-17-8-6-16(7-9-17)12-21-23(26)19-11-10-18(14-20(19)28-21)27-22(25)13-15-4-2-1-3-5-15/h1-12,14H,13H2/b21-12-. The van der Waals surface area contributed by atoms with Crippen molar-refractivity contribution in [2.24, 2.45) is 0 Å². The third-order valence-electron chi connectivity index (χ3n) is 4.23. The quantitative estimate of drug-likeness (QED) is 0.353. The van der Waals surface area contributed by atoms with Crippen LogP contribution in [0.5, 0.6) is 11.5 Å². The molecule has 1 aliphatic rings. The van der Waals surface area contributed by atoms with E-state index in [0.29, 0.717) is 22.1 Å². The molecule has 0 atom stereocenters. The van der Waals surface area contributed by atoms with Gasteiger partial charge in [0.05, 0.1) is 12.0 Å². The van der Waals surface area contributed by atoms with Gasteiger partial charge in [0.15, 0.2) is 5.76 Å². The molecule has 1 aliphatic heterocycles. The summed E-state index contributed by atoms with van der Waals surface area (Å²) in [7, 11) is 0. The number of benzene rings is 3. The number of esters is 1. The fourth-order valence-corrected chi connectivity index (χ4v) is 3.00. The molecule has 5 heteroatoms. The van der Waals surface area contributed by atoms with E-state index in [0.717, 1.165) is 11.1 Å². The summed E-state index contributed by atoms with van der Waals surface area (Å²) < 4.78 is 11.1. The van der Waals surface area contributed by atoms with E-state index in [1.54, 1.807) is 48.5 Å². The van der Waals surface area contributed by atoms with Gasteiger partial charge in [-0.2, -0.15) is 0 Å². The van der Waals surface area contributed by atoms with Crippen molar-refractivity contribution in [3.8, 4) is 11.5 Å². The van der Waals surface area contributed by atoms with Crippen molar-refractivity contribution < 1.29 is 19.1 Å². The van der Waals surface area contributed by atoms with Crippen molar-refractivity contribution in [1.82, 2.24) is 0 Å². The van der Waals surface area contributed by atoms with Crippen molar-refractivity contribution in [1.29, 1.82) is 0 Å². The summed E-state index contributed by atoms with van der Waals surface area (Å²) in [5.74, 6) is 0.319. The second-order valence-electron chi connectivity index (χ2n) is 6.29. The summed E-state index contributed by atoms with van der Waals surface area (Å²) >= 11 is 5.88. The van der Waals surface area contributed by atoms with Gasteiger partial charge in [-0.1, -0.05) is 54.1 Å². The molecular weight excluding hydrogens is 376 g/mol. The molecule has 0 radical (unpaired) electrons. The predicted molar refractivity (Wildman–Crippen MR) is 107 cm³/mol. The van der Waals surface area contributed by atoms with E-state index in [9.17, 15) is 9.59 Å². The smallest absolute Gasteiger partial charge is 0.315 e. The van der Waals surface area contributed by atoms with Crippen LogP contribution in [-0.2, 0) is 11.2 Å². The van der Waals surface area contributed by atoms with Crippen LogP contribution in [0.15, 0.2) is 78.6 Å². The first kappa shape index (κ1) is 18.0. The highest BCUT2D eigenvalue weighted by Gasteiger charge is 2.28. The Balaban J connectivity index is 1.49. The number of ether oxygens (including phenoxy) is 2. The first-order valence-corrected chi connectivity index (χ1v) is 9.05. The van der Waals surface area contributed by atoms with Crippen LogP contribution in [0.4, 0.5) is 0 Å².